The Bertz CT molecular complexity index is 269. The van der Waals surface area contributed by atoms with E-state index in [0.717, 1.165) is 25.7 Å². The summed E-state index contributed by atoms with van der Waals surface area (Å²) in [6, 6.07) is 0. The van der Waals surface area contributed by atoms with Crippen LogP contribution in [0.5, 0.6) is 0 Å². The molecule has 122 valence electrons. The molecule has 0 bridgehead atoms. The molecule has 0 rings (SSSR count). The molecule has 0 fully saturated rings. The molecule has 0 aromatic heterocycles. The minimum Gasteiger partial charge on any atom is -0.550 e. The summed E-state index contributed by atoms with van der Waals surface area (Å²) in [6.07, 6.45) is 5.42. The van der Waals surface area contributed by atoms with Gasteiger partial charge in [-0.2, -0.15) is 0 Å². The quantitative estimate of drug-likeness (QED) is 0.481. The summed E-state index contributed by atoms with van der Waals surface area (Å²) in [6.45, 7) is 10.9. The van der Waals surface area contributed by atoms with Gasteiger partial charge >= 0.3 is 27.3 Å². The van der Waals surface area contributed by atoms with E-state index in [1.807, 2.05) is 13.8 Å². The van der Waals surface area contributed by atoms with E-state index in [4.69, 9.17) is 0 Å². The fourth-order valence-electron chi connectivity index (χ4n) is 1.44. The Morgan fingerprint density at radius 2 is 1.00 bits per heavy atom. The van der Waals surface area contributed by atoms with E-state index in [1.54, 1.807) is 27.7 Å². The van der Waals surface area contributed by atoms with E-state index in [0.29, 0.717) is 12.8 Å². The molecule has 0 saturated heterocycles. The first-order valence-electron chi connectivity index (χ1n) is 7.44. The summed E-state index contributed by atoms with van der Waals surface area (Å²) >= 11 is 0. The second-order valence-electron chi connectivity index (χ2n) is 6.55. The molecule has 0 atom stereocenters. The zero-order valence-electron chi connectivity index (χ0n) is 14.4. The molecule has 0 unspecified atom stereocenters. The SMILES string of the molecule is CCCCC(C)(C)C(=O)[O-].CCCCC(C)(C)C(=O)[O-].[Pb+2]. The van der Waals surface area contributed by atoms with Crippen molar-refractivity contribution in [3.05, 3.63) is 0 Å². The van der Waals surface area contributed by atoms with Crippen molar-refractivity contribution in [1.29, 1.82) is 0 Å². The molecule has 2 radical (unpaired) electrons. The van der Waals surface area contributed by atoms with Gasteiger partial charge in [-0.25, -0.2) is 0 Å². The van der Waals surface area contributed by atoms with Crippen molar-refractivity contribution in [1.82, 2.24) is 0 Å². The molecule has 0 aliphatic heterocycles. The van der Waals surface area contributed by atoms with Crippen LogP contribution in [0.25, 0.3) is 0 Å². The van der Waals surface area contributed by atoms with E-state index >= 15 is 0 Å². The molecule has 0 spiro atoms. The molecule has 0 heterocycles. The molecule has 0 amide bonds. The van der Waals surface area contributed by atoms with Gasteiger partial charge < -0.3 is 19.8 Å². The van der Waals surface area contributed by atoms with Gasteiger partial charge in [-0.1, -0.05) is 67.2 Å². The Balaban J connectivity index is -0.000000295. The second kappa shape index (κ2) is 12.4. The first-order valence-corrected chi connectivity index (χ1v) is 7.44. The van der Waals surface area contributed by atoms with E-state index in [9.17, 15) is 19.8 Å². The number of unbranched alkanes of at least 4 members (excludes halogenated alkanes) is 2. The number of hydrogen-bond acceptors (Lipinski definition) is 4. The molecule has 0 aromatic rings. The number of hydrogen-bond donors (Lipinski definition) is 0. The Kier molecular flexibility index (Phi) is 15.2. The molecule has 0 aliphatic carbocycles. The van der Waals surface area contributed by atoms with E-state index in [2.05, 4.69) is 0 Å². The fraction of sp³-hybridized carbons (Fsp3) is 0.875. The van der Waals surface area contributed by atoms with Crippen molar-refractivity contribution in [3.63, 3.8) is 0 Å². The first kappa shape index (κ1) is 25.8. The third-order valence-corrected chi connectivity index (χ3v) is 3.42. The van der Waals surface area contributed by atoms with Crippen LogP contribution >= 0.6 is 0 Å². The van der Waals surface area contributed by atoms with Crippen LogP contribution in [0, 0.1) is 10.8 Å². The number of carboxylic acid groups (broad SMARTS) is 2. The third-order valence-electron chi connectivity index (χ3n) is 3.42. The van der Waals surface area contributed by atoms with E-state index in [1.165, 1.54) is 0 Å². The van der Waals surface area contributed by atoms with Crippen LogP contribution in [0.15, 0.2) is 0 Å². The Labute approximate surface area is 149 Å². The van der Waals surface area contributed by atoms with Gasteiger partial charge in [-0.3, -0.25) is 0 Å². The maximum Gasteiger partial charge on any atom is 2.00 e. The minimum absolute atomic E-state index is 0. The molecule has 0 aliphatic rings. The maximum atomic E-state index is 10.4. The summed E-state index contributed by atoms with van der Waals surface area (Å²) in [5.41, 5.74) is -1.29. The van der Waals surface area contributed by atoms with Gasteiger partial charge in [0, 0.05) is 22.8 Å². The van der Waals surface area contributed by atoms with Gasteiger partial charge in [-0.05, 0) is 12.8 Å². The summed E-state index contributed by atoms with van der Waals surface area (Å²) in [4.78, 5) is 20.8. The summed E-state index contributed by atoms with van der Waals surface area (Å²) in [7, 11) is 0. The molecular weight excluding hydrogens is 463 g/mol. The molecular formula is C16H30O4Pb. The van der Waals surface area contributed by atoms with Crippen molar-refractivity contribution in [2.75, 3.05) is 0 Å². The molecule has 4 nitrogen and oxygen atoms in total. The minimum atomic E-state index is -0.944. The number of carbonyl (C=O) groups is 2. The Morgan fingerprint density at radius 1 is 0.762 bits per heavy atom. The van der Waals surface area contributed by atoms with Crippen molar-refractivity contribution in [3.8, 4) is 0 Å². The zero-order valence-corrected chi connectivity index (χ0v) is 18.3. The topological polar surface area (TPSA) is 80.3 Å². The van der Waals surface area contributed by atoms with Crippen molar-refractivity contribution in [2.24, 2.45) is 10.8 Å². The molecule has 0 aromatic carbocycles. The predicted molar refractivity (Wildman–Crippen MR) is 82.4 cm³/mol. The summed E-state index contributed by atoms with van der Waals surface area (Å²) in [5, 5.41) is 20.8. The Morgan fingerprint density at radius 3 is 1.14 bits per heavy atom. The molecule has 5 heteroatoms. The van der Waals surface area contributed by atoms with Gasteiger partial charge in [-0.15, -0.1) is 0 Å². The number of aliphatic carboxylic acids is 2. The smallest absolute Gasteiger partial charge is 0.550 e. The average molecular weight is 494 g/mol. The zero-order chi connectivity index (χ0) is 16.4. The maximum absolute atomic E-state index is 10.4. The second-order valence-corrected chi connectivity index (χ2v) is 6.55. The van der Waals surface area contributed by atoms with Crippen LogP contribution < -0.4 is 10.2 Å². The van der Waals surface area contributed by atoms with Crippen molar-refractivity contribution in [2.45, 2.75) is 80.1 Å². The van der Waals surface area contributed by atoms with Crippen LogP contribution in [-0.4, -0.2) is 39.2 Å². The largest absolute Gasteiger partial charge is 2.00 e. The Hall–Kier alpha value is -0.138. The van der Waals surface area contributed by atoms with Crippen LogP contribution in [0.4, 0.5) is 0 Å². The van der Waals surface area contributed by atoms with Crippen LogP contribution in [-0.2, 0) is 9.59 Å². The van der Waals surface area contributed by atoms with E-state index in [-0.39, 0.29) is 27.3 Å². The standard InChI is InChI=1S/2C8H16O2.Pb/c2*1-4-5-6-8(2,3)7(9)10;/h2*4-6H2,1-3H3,(H,9,10);/q;;+2/p-2. The molecule has 21 heavy (non-hydrogen) atoms. The number of carbonyl (C=O) groups excluding carboxylic acids is 2. The molecule has 0 saturated carbocycles. The van der Waals surface area contributed by atoms with E-state index < -0.39 is 22.8 Å². The number of carboxylic acids is 2. The van der Waals surface area contributed by atoms with Crippen molar-refractivity contribution < 1.29 is 19.8 Å². The predicted octanol–water partition coefficient (Wildman–Crippen LogP) is 1.52. The van der Waals surface area contributed by atoms with Crippen LogP contribution in [0.3, 0.4) is 0 Å². The third kappa shape index (κ3) is 13.3. The first-order chi connectivity index (χ1) is 9.01. The van der Waals surface area contributed by atoms with Crippen LogP contribution in [0.1, 0.15) is 80.1 Å². The fourth-order valence-corrected chi connectivity index (χ4v) is 1.44. The molecule has 0 N–H and O–H groups in total. The van der Waals surface area contributed by atoms with Crippen molar-refractivity contribution >= 4 is 39.2 Å². The normalized spacial score (nSPS) is 11.0. The van der Waals surface area contributed by atoms with Gasteiger partial charge in [0.25, 0.3) is 0 Å². The van der Waals surface area contributed by atoms with Gasteiger partial charge in [0.15, 0.2) is 0 Å². The van der Waals surface area contributed by atoms with Gasteiger partial charge in [0.05, 0.1) is 0 Å². The van der Waals surface area contributed by atoms with Gasteiger partial charge in [0.2, 0.25) is 0 Å². The summed E-state index contributed by atoms with van der Waals surface area (Å²) in [5.74, 6) is -1.89. The van der Waals surface area contributed by atoms with Gasteiger partial charge in [0.1, 0.15) is 0 Å². The number of rotatable bonds is 8. The summed E-state index contributed by atoms with van der Waals surface area (Å²) < 4.78 is 0. The van der Waals surface area contributed by atoms with Crippen LogP contribution in [0.2, 0.25) is 0 Å². The monoisotopic (exact) mass is 494 g/mol. The average Bonchev–Trinajstić information content (AvgIpc) is 2.34.